The highest BCUT2D eigenvalue weighted by Crippen LogP contribution is 2.58. The van der Waals surface area contributed by atoms with Gasteiger partial charge >= 0.3 is 6.09 Å². The number of para-hydroxylation sites is 1. The second-order valence-corrected chi connectivity index (χ2v) is 29.1. The zero-order valence-corrected chi connectivity index (χ0v) is 60.3. The zero-order valence-electron chi connectivity index (χ0n) is 60.3. The van der Waals surface area contributed by atoms with Crippen molar-refractivity contribution in [3.63, 3.8) is 0 Å². The van der Waals surface area contributed by atoms with Crippen LogP contribution in [0.1, 0.15) is 148 Å². The number of rotatable bonds is 28. The van der Waals surface area contributed by atoms with Crippen LogP contribution < -0.4 is 66.0 Å². The normalized spacial score (nSPS) is 19.6. The molecular weight excluding hydrogens is 1350 g/mol. The minimum atomic E-state index is -1.47. The highest BCUT2D eigenvalue weighted by molar-refractivity contribution is 6.07. The number of nitrogens with one attached hydrogen (secondary N) is 8. The van der Waals surface area contributed by atoms with Crippen LogP contribution in [0.5, 0.6) is 23.0 Å². The van der Waals surface area contributed by atoms with Crippen LogP contribution >= 0.6 is 0 Å². The summed E-state index contributed by atoms with van der Waals surface area (Å²) < 4.78 is 29.9. The van der Waals surface area contributed by atoms with Crippen molar-refractivity contribution in [3.05, 3.63) is 130 Å². The Morgan fingerprint density at radius 3 is 1.97 bits per heavy atom. The van der Waals surface area contributed by atoms with Crippen LogP contribution in [0, 0.1) is 22.3 Å². The molecule has 9 N–H and O–H groups in total. The molecule has 2 saturated heterocycles. The summed E-state index contributed by atoms with van der Waals surface area (Å²) in [4.78, 5) is 129. The Bertz CT molecular complexity index is 4230. The summed E-state index contributed by atoms with van der Waals surface area (Å²) in [6.45, 7) is 10.2. The third-order valence-electron chi connectivity index (χ3n) is 20.8. The first kappa shape index (κ1) is 74.0. The molecule has 7 aliphatic rings. The van der Waals surface area contributed by atoms with Gasteiger partial charge in [-0.2, -0.15) is 5.11 Å². The first-order chi connectivity index (χ1) is 50.5. The lowest BCUT2D eigenvalue weighted by molar-refractivity contribution is -0.132. The van der Waals surface area contributed by atoms with Crippen molar-refractivity contribution < 1.29 is 71.9 Å². The summed E-state index contributed by atoms with van der Waals surface area (Å²) in [5.41, 5.74) is 14.4. The lowest BCUT2D eigenvalue weighted by Crippen LogP contribution is -2.55. The molecule has 2 spiro atoms. The van der Waals surface area contributed by atoms with Crippen LogP contribution in [-0.4, -0.2) is 165 Å². The van der Waals surface area contributed by atoms with Crippen LogP contribution in [0.4, 0.5) is 27.5 Å². The van der Waals surface area contributed by atoms with Gasteiger partial charge in [0.25, 0.3) is 11.8 Å². The standard InChI is InChI=1S/C77H93N13O15/c1-44(2)67(85-65(93)39-81-64(92)38-80-63(91)23-24-66(94)87-40-48-15-9-10-16-51(48)68(82-45(3)4)69(86-78)52-17-11-12-18-56(52)87)71(96)83-46(5)70(95)84-49-21-19-47(20-22-49)41-105-75(100)90-57-34-62(60(102-7)32-54(57)73(98)89-43-77(27-28-77)36-58(89)74(90)99)104-30-14-8-13-29-103-61-33-55-53(31-59(61)101-6)72(97)88-42-76(25-26-76)35-50(88)37-79-55/h9-12,15-22,31-34,44-46,50,58,67,74,78-79,82,99H,8,13-14,23-30,35-43H2,1-7H3,(H,80,91)(H,81,92)(H,83,96)(H,84,95)(H,85,93)/b69-68-,86-78?/t46-,50?,58?,67-,74-/m0/s1. The molecule has 2 aliphatic carbocycles. The average Bonchev–Trinajstić information content (AvgIpc) is 1.74. The van der Waals surface area contributed by atoms with E-state index in [4.69, 9.17) is 29.2 Å². The maximum Gasteiger partial charge on any atom is 0.416 e. The maximum atomic E-state index is 14.5. The van der Waals surface area contributed by atoms with Gasteiger partial charge in [0.1, 0.15) is 24.4 Å². The number of carbonyl (C=O) groups excluding carboxylic acids is 9. The van der Waals surface area contributed by atoms with Gasteiger partial charge in [-0.15, -0.1) is 0 Å². The fourth-order valence-electron chi connectivity index (χ4n) is 14.6. The van der Waals surface area contributed by atoms with Gasteiger partial charge in [-0.3, -0.25) is 38.4 Å². The first-order valence-corrected chi connectivity index (χ1v) is 36.1. The monoisotopic (exact) mass is 1440 g/mol. The van der Waals surface area contributed by atoms with Crippen molar-refractivity contribution >= 4 is 87.5 Å². The molecule has 2 saturated carbocycles. The SMILES string of the molecule is COc1cc2c(cc1OCCCCCOc1cc3c(cc1OC)C(=O)N1CC4(CC4)CC1[C@H](O)N3C(=O)OCc1ccc(NC(=O)[C@H](C)NC(=O)[C@@H](NC(=O)CNC(=O)CNC(=O)CCC(=O)N3Cc4ccccc4/C(NC(C)C)=C(/N=N)c4ccccc43)C(C)C)cc1)NCC1CC3(CC3)CN1C2=O. The molecular formula is C77H93N13O15. The van der Waals surface area contributed by atoms with E-state index in [1.54, 1.807) is 85.4 Å². The van der Waals surface area contributed by atoms with Gasteiger partial charge in [-0.05, 0) is 137 Å². The fourth-order valence-corrected chi connectivity index (χ4v) is 14.6. The van der Waals surface area contributed by atoms with Crippen molar-refractivity contribution in [2.24, 2.45) is 21.9 Å². The third kappa shape index (κ3) is 16.6. The first-order valence-electron chi connectivity index (χ1n) is 36.1. The van der Waals surface area contributed by atoms with Gasteiger partial charge in [-0.1, -0.05) is 68.4 Å². The Kier molecular flexibility index (Phi) is 22.3. The Hall–Kier alpha value is -10.8. The van der Waals surface area contributed by atoms with Crippen molar-refractivity contribution in [3.8, 4) is 23.0 Å². The van der Waals surface area contributed by atoms with Gasteiger partial charge in [-0.25, -0.2) is 15.2 Å². The Labute approximate surface area is 609 Å². The minimum Gasteiger partial charge on any atom is -0.493 e. The molecule has 0 radical (unpaired) electrons. The predicted octanol–water partition coefficient (Wildman–Crippen LogP) is 8.22. The second-order valence-electron chi connectivity index (χ2n) is 29.1. The van der Waals surface area contributed by atoms with E-state index in [9.17, 15) is 48.3 Å². The van der Waals surface area contributed by atoms with Gasteiger partial charge in [0, 0.05) is 73.5 Å². The van der Waals surface area contributed by atoms with Gasteiger partial charge in [0.05, 0.1) is 87.0 Å². The maximum absolute atomic E-state index is 14.5. The van der Waals surface area contributed by atoms with Crippen molar-refractivity contribution in [2.75, 3.05) is 80.6 Å². The summed E-state index contributed by atoms with van der Waals surface area (Å²) in [5.74, 6) is -2.86. The molecule has 0 bridgehead atoms. The zero-order chi connectivity index (χ0) is 74.4. The highest BCUT2D eigenvalue weighted by Gasteiger charge is 2.58. The number of aliphatic hydroxyl groups excluding tert-OH is 1. The molecule has 12 rings (SSSR count). The molecule has 5 atom stereocenters. The van der Waals surface area contributed by atoms with E-state index in [-0.39, 0.29) is 90.6 Å². The Balaban J connectivity index is 0.588. The van der Waals surface area contributed by atoms with Crippen LogP contribution in [0.3, 0.4) is 0 Å². The third-order valence-corrected chi connectivity index (χ3v) is 20.8. The van der Waals surface area contributed by atoms with E-state index in [1.807, 2.05) is 49.1 Å². The summed E-state index contributed by atoms with van der Waals surface area (Å²) in [6, 6.07) is 25.0. The molecule has 28 heteroatoms. The van der Waals surface area contributed by atoms with Crippen LogP contribution in [0.25, 0.3) is 11.4 Å². The van der Waals surface area contributed by atoms with Gasteiger partial charge < -0.3 is 80.7 Å². The smallest absolute Gasteiger partial charge is 0.416 e. The van der Waals surface area contributed by atoms with Gasteiger partial charge in [0.15, 0.2) is 29.2 Å². The Morgan fingerprint density at radius 2 is 1.30 bits per heavy atom. The largest absolute Gasteiger partial charge is 0.493 e. The molecule has 105 heavy (non-hydrogen) atoms. The number of hydrogen-bond acceptors (Lipinski definition) is 19. The molecule has 556 valence electrons. The van der Waals surface area contributed by atoms with E-state index in [1.165, 1.54) is 39.0 Å². The molecule has 5 aromatic carbocycles. The van der Waals surface area contributed by atoms with E-state index >= 15 is 0 Å². The molecule has 5 heterocycles. The predicted molar refractivity (Wildman–Crippen MR) is 389 cm³/mol. The van der Waals surface area contributed by atoms with Crippen LogP contribution in [0.2, 0.25) is 0 Å². The number of unbranched alkanes of at least 4 members (excludes halogenated alkanes) is 2. The topological polar surface area (TPSA) is 353 Å². The van der Waals surface area contributed by atoms with Crippen LogP contribution in [0.15, 0.2) is 102 Å². The summed E-state index contributed by atoms with van der Waals surface area (Å²) in [6.07, 6.45) is 4.83. The number of ether oxygens (including phenoxy) is 5. The van der Waals surface area contributed by atoms with Crippen molar-refractivity contribution in [1.82, 2.24) is 36.4 Å². The lowest BCUT2D eigenvalue weighted by Gasteiger charge is -2.31. The van der Waals surface area contributed by atoms with Crippen LogP contribution in [-0.2, 0) is 46.7 Å². The summed E-state index contributed by atoms with van der Waals surface area (Å²) in [7, 11) is 3.03. The lowest BCUT2D eigenvalue weighted by atomic mass is 9.95. The van der Waals surface area contributed by atoms with E-state index in [0.29, 0.717) is 102 Å². The number of fused-ring (bicyclic) bond motifs is 6. The Morgan fingerprint density at radius 1 is 0.667 bits per heavy atom. The van der Waals surface area contributed by atoms with E-state index in [0.717, 1.165) is 47.5 Å². The number of nitrogens with zero attached hydrogens (tertiary/aromatic N) is 5. The second kappa shape index (κ2) is 31.7. The fraction of sp³-hybridized carbons (Fsp3) is 0.468. The van der Waals surface area contributed by atoms with Crippen molar-refractivity contribution in [1.29, 1.82) is 5.53 Å². The molecule has 5 aromatic rings. The minimum absolute atomic E-state index is 0.0171. The molecule has 28 nitrogen and oxygen atoms in total. The number of benzene rings is 5. The molecule has 2 unspecified atom stereocenters. The number of anilines is 4. The van der Waals surface area contributed by atoms with E-state index in [2.05, 4.69) is 42.3 Å². The van der Waals surface area contributed by atoms with Crippen molar-refractivity contribution in [2.45, 2.75) is 155 Å². The number of hydrogen-bond donors (Lipinski definition) is 9. The van der Waals surface area contributed by atoms with E-state index < -0.39 is 79.0 Å². The highest BCUT2D eigenvalue weighted by atomic mass is 16.6. The summed E-state index contributed by atoms with van der Waals surface area (Å²) >= 11 is 0. The number of amides is 9. The number of methoxy groups -OCH3 is 2. The molecule has 5 aliphatic heterocycles. The number of carbonyl (C=O) groups is 9. The quantitative estimate of drug-likeness (QED) is 0.0168. The molecule has 0 aromatic heterocycles. The summed E-state index contributed by atoms with van der Waals surface area (Å²) in [5, 5.41) is 35.9. The number of aliphatic hydroxyl groups is 1. The van der Waals surface area contributed by atoms with Gasteiger partial charge in [0.2, 0.25) is 35.4 Å². The average molecular weight is 1440 g/mol. The molecule has 4 fully saturated rings. The molecule has 9 amide bonds.